The van der Waals surface area contributed by atoms with Gasteiger partial charge in [0, 0.05) is 5.92 Å². The van der Waals surface area contributed by atoms with E-state index in [4.69, 9.17) is 4.43 Å². The summed E-state index contributed by atoms with van der Waals surface area (Å²) < 4.78 is 6.52. The Hall–Kier alpha value is -0.863. The Bertz CT molecular complexity index is 474. The summed E-state index contributed by atoms with van der Waals surface area (Å²) in [5, 5.41) is 0. The highest BCUT2D eigenvalue weighted by atomic mass is 28.4. The van der Waals surface area contributed by atoms with Crippen molar-refractivity contribution in [3.05, 3.63) is 48.0 Å². The van der Waals surface area contributed by atoms with Crippen LogP contribution in [-0.2, 0) is 4.43 Å². The molecular weight excluding hydrogens is 248 g/mol. The Morgan fingerprint density at radius 3 is 2.58 bits per heavy atom. The Kier molecular flexibility index (Phi) is 3.18. The van der Waals surface area contributed by atoms with Gasteiger partial charge in [-0.3, -0.25) is 0 Å². The molecule has 1 aromatic carbocycles. The molecule has 1 fully saturated rings. The summed E-state index contributed by atoms with van der Waals surface area (Å²) >= 11 is 0. The molecule has 102 valence electrons. The minimum absolute atomic E-state index is 0.0709. The quantitative estimate of drug-likeness (QED) is 0.571. The minimum Gasteiger partial charge on any atom is -0.408 e. The highest BCUT2D eigenvalue weighted by Gasteiger charge is 2.58. The molecule has 0 spiro atoms. The summed E-state index contributed by atoms with van der Waals surface area (Å²) in [5.41, 5.74) is 1.57. The van der Waals surface area contributed by atoms with Gasteiger partial charge in [0.15, 0.2) is 8.32 Å². The summed E-state index contributed by atoms with van der Waals surface area (Å²) in [6.45, 7) is 6.90. The Balaban J connectivity index is 1.84. The lowest BCUT2D eigenvalue weighted by Gasteiger charge is -2.26. The van der Waals surface area contributed by atoms with Crippen LogP contribution < -0.4 is 0 Å². The van der Waals surface area contributed by atoms with E-state index < -0.39 is 8.32 Å². The third-order valence-corrected chi connectivity index (χ3v) is 5.25. The first-order chi connectivity index (χ1) is 9.00. The van der Waals surface area contributed by atoms with Crippen LogP contribution in [-0.4, -0.2) is 13.9 Å². The van der Waals surface area contributed by atoms with E-state index >= 15 is 0 Å². The molecule has 0 aliphatic heterocycles. The maximum absolute atomic E-state index is 6.52. The van der Waals surface area contributed by atoms with E-state index in [1.807, 2.05) is 0 Å². The topological polar surface area (TPSA) is 9.23 Å². The van der Waals surface area contributed by atoms with Crippen molar-refractivity contribution in [2.24, 2.45) is 5.92 Å². The van der Waals surface area contributed by atoms with Crippen molar-refractivity contribution in [2.75, 3.05) is 0 Å². The largest absolute Gasteiger partial charge is 0.408 e. The number of rotatable bonds is 3. The smallest absolute Gasteiger partial charge is 0.184 e. The van der Waals surface area contributed by atoms with Gasteiger partial charge in [0.2, 0.25) is 0 Å². The third-order valence-electron chi connectivity index (χ3n) is 4.26. The van der Waals surface area contributed by atoms with Crippen molar-refractivity contribution >= 4 is 8.32 Å². The molecule has 0 amide bonds. The summed E-state index contributed by atoms with van der Waals surface area (Å²) in [6, 6.07) is 11.0. The van der Waals surface area contributed by atoms with E-state index in [-0.39, 0.29) is 5.60 Å². The van der Waals surface area contributed by atoms with Crippen molar-refractivity contribution in [1.29, 1.82) is 0 Å². The monoisotopic (exact) mass is 272 g/mol. The fourth-order valence-corrected chi connectivity index (χ4v) is 4.98. The van der Waals surface area contributed by atoms with Crippen molar-refractivity contribution in [3.8, 4) is 0 Å². The summed E-state index contributed by atoms with van der Waals surface area (Å²) in [5.74, 6) is 1.37. The van der Waals surface area contributed by atoms with Gasteiger partial charge in [-0.05, 0) is 50.4 Å². The molecule has 0 N–H and O–H groups in total. The molecule has 3 rings (SSSR count). The van der Waals surface area contributed by atoms with Crippen LogP contribution in [0.3, 0.4) is 0 Å². The first-order valence-electron chi connectivity index (χ1n) is 7.43. The second kappa shape index (κ2) is 4.60. The van der Waals surface area contributed by atoms with Crippen LogP contribution in [0.25, 0.3) is 0 Å². The van der Waals surface area contributed by atoms with Crippen LogP contribution in [0.4, 0.5) is 0 Å². The molecule has 1 saturated carbocycles. The van der Waals surface area contributed by atoms with Crippen LogP contribution >= 0.6 is 0 Å². The number of fused-ring (bicyclic) bond motifs is 1. The summed E-state index contributed by atoms with van der Waals surface area (Å²) in [4.78, 5) is 0. The van der Waals surface area contributed by atoms with Crippen LogP contribution in [0.5, 0.6) is 0 Å². The lowest BCUT2D eigenvalue weighted by molar-refractivity contribution is 0.196. The molecule has 2 aliphatic carbocycles. The second-order valence-electron chi connectivity index (χ2n) is 6.98. The number of hydrogen-bond donors (Lipinski definition) is 0. The zero-order valence-corrected chi connectivity index (χ0v) is 13.2. The van der Waals surface area contributed by atoms with Crippen LogP contribution in [0, 0.1) is 5.92 Å². The molecule has 19 heavy (non-hydrogen) atoms. The van der Waals surface area contributed by atoms with Crippen LogP contribution in [0.2, 0.25) is 19.6 Å². The van der Waals surface area contributed by atoms with Gasteiger partial charge in [-0.1, -0.05) is 42.5 Å². The molecule has 1 aromatic rings. The van der Waals surface area contributed by atoms with Crippen LogP contribution in [0.15, 0.2) is 42.5 Å². The first kappa shape index (κ1) is 13.1. The zero-order valence-electron chi connectivity index (χ0n) is 12.2. The molecule has 2 aliphatic rings. The number of benzene rings is 1. The molecule has 3 atom stereocenters. The van der Waals surface area contributed by atoms with Gasteiger partial charge in [0.05, 0.1) is 5.60 Å². The number of hydrogen-bond acceptors (Lipinski definition) is 1. The first-order valence-corrected chi connectivity index (χ1v) is 10.8. The van der Waals surface area contributed by atoms with E-state index in [9.17, 15) is 0 Å². The van der Waals surface area contributed by atoms with Crippen LogP contribution in [0.1, 0.15) is 30.7 Å². The predicted octanol–water partition coefficient (Wildman–Crippen LogP) is 4.73. The average molecular weight is 272 g/mol. The van der Waals surface area contributed by atoms with Gasteiger partial charge < -0.3 is 4.43 Å². The Morgan fingerprint density at radius 1 is 1.16 bits per heavy atom. The molecule has 2 heteroatoms. The van der Waals surface area contributed by atoms with Gasteiger partial charge in [0.25, 0.3) is 0 Å². The molecule has 0 radical (unpaired) electrons. The van der Waals surface area contributed by atoms with Crippen molar-refractivity contribution < 1.29 is 4.43 Å². The van der Waals surface area contributed by atoms with E-state index in [2.05, 4.69) is 62.1 Å². The van der Waals surface area contributed by atoms with E-state index in [0.717, 1.165) is 0 Å². The minimum atomic E-state index is -1.48. The third kappa shape index (κ3) is 2.70. The average Bonchev–Trinajstić information content (AvgIpc) is 3.02. The molecule has 3 unspecified atom stereocenters. The van der Waals surface area contributed by atoms with Gasteiger partial charge in [-0.2, -0.15) is 0 Å². The molecule has 1 nitrogen and oxygen atoms in total. The fourth-order valence-electron chi connectivity index (χ4n) is 3.54. The highest BCUT2D eigenvalue weighted by molar-refractivity contribution is 6.69. The van der Waals surface area contributed by atoms with Gasteiger partial charge in [0.1, 0.15) is 0 Å². The second-order valence-corrected chi connectivity index (χ2v) is 11.4. The maximum Gasteiger partial charge on any atom is 0.184 e. The lowest BCUT2D eigenvalue weighted by atomic mass is 9.89. The van der Waals surface area contributed by atoms with Gasteiger partial charge in [-0.25, -0.2) is 0 Å². The molecule has 0 heterocycles. The Labute approximate surface area is 117 Å². The summed E-state index contributed by atoms with van der Waals surface area (Å²) in [6.07, 6.45) is 8.39. The van der Waals surface area contributed by atoms with Crippen molar-refractivity contribution in [1.82, 2.24) is 0 Å². The van der Waals surface area contributed by atoms with Crippen molar-refractivity contribution in [3.63, 3.8) is 0 Å². The summed E-state index contributed by atoms with van der Waals surface area (Å²) in [7, 11) is -1.48. The normalized spacial score (nSPS) is 33.6. The molecule has 0 bridgehead atoms. The molecule has 0 saturated heterocycles. The zero-order chi connectivity index (χ0) is 13.5. The van der Waals surface area contributed by atoms with Gasteiger partial charge >= 0.3 is 0 Å². The SMILES string of the molecule is C[Si](C)(C)OC12C=CCCC(c3ccccc3)C1C2. The molecule has 0 aromatic heterocycles. The van der Waals surface area contributed by atoms with E-state index in [0.29, 0.717) is 11.8 Å². The Morgan fingerprint density at radius 2 is 1.89 bits per heavy atom. The lowest BCUT2D eigenvalue weighted by Crippen LogP contribution is -2.34. The highest BCUT2D eigenvalue weighted by Crippen LogP contribution is 2.59. The predicted molar refractivity (Wildman–Crippen MR) is 82.8 cm³/mol. The standard InChI is InChI=1S/C17H24OSi/c1-19(2,3)18-17-12-8-7-11-15(16(17)13-17)14-9-5-4-6-10-14/h4-6,8-10,12,15-16H,7,11,13H2,1-3H3. The van der Waals surface area contributed by atoms with E-state index in [1.165, 1.54) is 24.8 Å². The van der Waals surface area contributed by atoms with Gasteiger partial charge in [-0.15, -0.1) is 0 Å². The fraction of sp³-hybridized carbons (Fsp3) is 0.529. The maximum atomic E-state index is 6.52. The molecular formula is C17H24OSi. The van der Waals surface area contributed by atoms with Crippen molar-refractivity contribution in [2.45, 2.75) is 50.4 Å². The number of allylic oxidation sites excluding steroid dienone is 1. The van der Waals surface area contributed by atoms with E-state index in [1.54, 1.807) is 0 Å².